The van der Waals surface area contributed by atoms with Crippen molar-refractivity contribution in [2.45, 2.75) is 45.8 Å². The minimum Gasteiger partial charge on any atom is -0.466 e. The van der Waals surface area contributed by atoms with Gasteiger partial charge in [-0.3, -0.25) is 14.5 Å². The molecule has 0 N–H and O–H groups in total. The van der Waals surface area contributed by atoms with Gasteiger partial charge in [0.1, 0.15) is 17.8 Å². The van der Waals surface area contributed by atoms with E-state index in [9.17, 15) is 9.59 Å². The van der Waals surface area contributed by atoms with Gasteiger partial charge in [-0.05, 0) is 62.1 Å². The maximum Gasteiger partial charge on any atom is 0.309 e. The van der Waals surface area contributed by atoms with Crippen LogP contribution < -0.4 is 4.74 Å². The van der Waals surface area contributed by atoms with E-state index in [-0.39, 0.29) is 29.5 Å². The Morgan fingerprint density at radius 2 is 1.64 bits per heavy atom. The van der Waals surface area contributed by atoms with E-state index in [0.29, 0.717) is 51.5 Å². The Labute approximate surface area is 246 Å². The van der Waals surface area contributed by atoms with Crippen LogP contribution in [0.3, 0.4) is 0 Å². The molecule has 8 heteroatoms. The number of aromatic nitrogens is 1. The number of amides is 1. The Morgan fingerprint density at radius 3 is 2.36 bits per heavy atom. The van der Waals surface area contributed by atoms with Crippen LogP contribution in [0.1, 0.15) is 60.2 Å². The van der Waals surface area contributed by atoms with Crippen LogP contribution in [0.25, 0.3) is 0 Å². The summed E-state index contributed by atoms with van der Waals surface area (Å²) in [6.07, 6.45) is 2.62. The quantitative estimate of drug-likeness (QED) is 0.188. The van der Waals surface area contributed by atoms with Crippen molar-refractivity contribution < 1.29 is 23.5 Å². The first-order chi connectivity index (χ1) is 20.5. The van der Waals surface area contributed by atoms with E-state index < -0.39 is 0 Å². The lowest BCUT2D eigenvalue weighted by atomic mass is 9.97. The van der Waals surface area contributed by atoms with Gasteiger partial charge < -0.3 is 18.8 Å². The van der Waals surface area contributed by atoms with E-state index in [0.717, 1.165) is 17.1 Å². The number of rotatable bonds is 11. The molecule has 1 aliphatic rings. The SMILES string of the molecule is CCOC(=O)C1CCN(C(=O)c2coc(CN(Cc3cccc(Oc4ccccc4)c3)[C@H](C)c3ccccc3)n2)CC1. The topological polar surface area (TPSA) is 85.1 Å². The van der Waals surface area contributed by atoms with Crippen molar-refractivity contribution >= 4 is 11.9 Å². The Morgan fingerprint density at radius 1 is 0.952 bits per heavy atom. The molecule has 0 unspecified atom stereocenters. The lowest BCUT2D eigenvalue weighted by Crippen LogP contribution is -2.40. The molecule has 3 aromatic carbocycles. The third kappa shape index (κ3) is 7.44. The number of carbonyl (C=O) groups is 2. The monoisotopic (exact) mass is 567 g/mol. The summed E-state index contributed by atoms with van der Waals surface area (Å²) in [5.41, 5.74) is 2.53. The highest BCUT2D eigenvalue weighted by Gasteiger charge is 2.30. The van der Waals surface area contributed by atoms with Crippen LogP contribution in [-0.4, -0.2) is 46.4 Å². The van der Waals surface area contributed by atoms with Crippen molar-refractivity contribution in [3.8, 4) is 11.5 Å². The van der Waals surface area contributed by atoms with Crippen LogP contribution in [0.4, 0.5) is 0 Å². The molecule has 2 heterocycles. The fourth-order valence-corrected chi connectivity index (χ4v) is 5.23. The number of piperidine rings is 1. The number of para-hydroxylation sites is 1. The number of ether oxygens (including phenoxy) is 2. The maximum atomic E-state index is 13.2. The predicted molar refractivity (Wildman–Crippen MR) is 159 cm³/mol. The van der Waals surface area contributed by atoms with Crippen LogP contribution >= 0.6 is 0 Å². The Bertz CT molecular complexity index is 1450. The molecule has 1 atom stereocenters. The molecule has 218 valence electrons. The van der Waals surface area contributed by atoms with Crippen LogP contribution in [0, 0.1) is 5.92 Å². The summed E-state index contributed by atoms with van der Waals surface area (Å²) < 4.78 is 17.0. The molecule has 1 aliphatic heterocycles. The van der Waals surface area contributed by atoms with E-state index in [1.54, 1.807) is 11.8 Å². The van der Waals surface area contributed by atoms with E-state index in [1.807, 2.05) is 66.7 Å². The summed E-state index contributed by atoms with van der Waals surface area (Å²) in [7, 11) is 0. The van der Waals surface area contributed by atoms with Crippen LogP contribution in [0.2, 0.25) is 0 Å². The van der Waals surface area contributed by atoms with Crippen molar-refractivity contribution in [3.05, 3.63) is 114 Å². The van der Waals surface area contributed by atoms with Crippen LogP contribution in [0.5, 0.6) is 11.5 Å². The number of likely N-dealkylation sites (tertiary alicyclic amines) is 1. The number of carbonyl (C=O) groups excluding carboxylic acids is 2. The summed E-state index contributed by atoms with van der Waals surface area (Å²) in [5.74, 6) is 1.50. The van der Waals surface area contributed by atoms with Crippen LogP contribution in [-0.2, 0) is 22.6 Å². The normalized spacial score (nSPS) is 14.5. The zero-order chi connectivity index (χ0) is 29.3. The molecule has 4 aromatic rings. The van der Waals surface area contributed by atoms with Gasteiger partial charge in [0.05, 0.1) is 19.1 Å². The van der Waals surface area contributed by atoms with Gasteiger partial charge in [0.25, 0.3) is 5.91 Å². The zero-order valence-corrected chi connectivity index (χ0v) is 24.1. The first kappa shape index (κ1) is 29.1. The van der Waals surface area contributed by atoms with E-state index >= 15 is 0 Å². The van der Waals surface area contributed by atoms with E-state index in [2.05, 4.69) is 35.0 Å². The Hall–Kier alpha value is -4.43. The molecule has 5 rings (SSSR count). The Kier molecular flexibility index (Phi) is 9.66. The number of benzene rings is 3. The molecule has 0 radical (unpaired) electrons. The lowest BCUT2D eigenvalue weighted by Gasteiger charge is -2.30. The zero-order valence-electron chi connectivity index (χ0n) is 24.1. The predicted octanol–water partition coefficient (Wildman–Crippen LogP) is 6.65. The second-order valence-electron chi connectivity index (χ2n) is 10.5. The average molecular weight is 568 g/mol. The van der Waals surface area contributed by atoms with E-state index in [4.69, 9.17) is 13.9 Å². The smallest absolute Gasteiger partial charge is 0.309 e. The first-order valence-corrected chi connectivity index (χ1v) is 14.5. The van der Waals surface area contributed by atoms with Crippen molar-refractivity contribution in [2.24, 2.45) is 5.92 Å². The molecule has 1 saturated heterocycles. The van der Waals surface area contributed by atoms with Gasteiger partial charge in [-0.25, -0.2) is 4.98 Å². The number of hydrogen-bond donors (Lipinski definition) is 0. The molecule has 1 amide bonds. The highest BCUT2D eigenvalue weighted by molar-refractivity contribution is 5.92. The minimum atomic E-state index is -0.182. The summed E-state index contributed by atoms with van der Waals surface area (Å²) in [6, 6.07) is 28.1. The van der Waals surface area contributed by atoms with Gasteiger partial charge in [0, 0.05) is 25.7 Å². The maximum absolute atomic E-state index is 13.2. The molecular weight excluding hydrogens is 530 g/mol. The minimum absolute atomic E-state index is 0.0536. The standard InChI is InChI=1S/C34H37N3O5/c1-3-40-34(39)28-17-19-36(20-18-28)33(38)31-24-41-32(35-31)23-37(25(2)27-12-6-4-7-13-27)22-26-11-10-16-30(21-26)42-29-14-8-5-9-15-29/h4-16,21,24-25,28H,3,17-20,22-23H2,1-2H3/t25-/m1/s1. The van der Waals surface area contributed by atoms with Crippen LogP contribution in [0.15, 0.2) is 95.6 Å². The lowest BCUT2D eigenvalue weighted by molar-refractivity contribution is -0.149. The molecule has 8 nitrogen and oxygen atoms in total. The second kappa shape index (κ2) is 14.0. The summed E-state index contributed by atoms with van der Waals surface area (Å²) >= 11 is 0. The molecule has 1 fully saturated rings. The summed E-state index contributed by atoms with van der Waals surface area (Å²) in [4.78, 5) is 33.9. The highest BCUT2D eigenvalue weighted by atomic mass is 16.5. The van der Waals surface area contributed by atoms with E-state index in [1.165, 1.54) is 11.8 Å². The molecule has 0 bridgehead atoms. The molecule has 0 saturated carbocycles. The third-order valence-electron chi connectivity index (χ3n) is 7.60. The van der Waals surface area contributed by atoms with Crippen molar-refractivity contribution in [2.75, 3.05) is 19.7 Å². The molecular formula is C34H37N3O5. The average Bonchev–Trinajstić information content (AvgIpc) is 3.50. The first-order valence-electron chi connectivity index (χ1n) is 14.5. The fourth-order valence-electron chi connectivity index (χ4n) is 5.23. The number of hydrogen-bond acceptors (Lipinski definition) is 7. The third-order valence-corrected chi connectivity index (χ3v) is 7.60. The van der Waals surface area contributed by atoms with Gasteiger partial charge in [-0.1, -0.05) is 60.7 Å². The van der Waals surface area contributed by atoms with Crippen molar-refractivity contribution in [1.29, 1.82) is 0 Å². The van der Waals surface area contributed by atoms with Crippen molar-refractivity contribution in [3.63, 3.8) is 0 Å². The molecule has 1 aromatic heterocycles. The van der Waals surface area contributed by atoms with Gasteiger partial charge in [0.2, 0.25) is 5.89 Å². The van der Waals surface area contributed by atoms with Gasteiger partial charge in [0.15, 0.2) is 5.69 Å². The number of esters is 1. The second-order valence-corrected chi connectivity index (χ2v) is 10.5. The molecule has 42 heavy (non-hydrogen) atoms. The largest absolute Gasteiger partial charge is 0.466 e. The Balaban J connectivity index is 1.28. The summed E-state index contributed by atoms with van der Waals surface area (Å²) in [5, 5.41) is 0. The summed E-state index contributed by atoms with van der Waals surface area (Å²) in [6.45, 7) is 6.34. The van der Waals surface area contributed by atoms with Crippen molar-refractivity contribution in [1.82, 2.24) is 14.8 Å². The molecule has 0 aliphatic carbocycles. The highest BCUT2D eigenvalue weighted by Crippen LogP contribution is 2.28. The van der Waals surface area contributed by atoms with Gasteiger partial charge in [-0.15, -0.1) is 0 Å². The molecule has 0 spiro atoms. The fraction of sp³-hybridized carbons (Fsp3) is 0.324. The van der Waals surface area contributed by atoms with Gasteiger partial charge >= 0.3 is 5.97 Å². The number of nitrogens with zero attached hydrogens (tertiary/aromatic N) is 3. The number of oxazole rings is 1. The van der Waals surface area contributed by atoms with Gasteiger partial charge in [-0.2, -0.15) is 0 Å².